The predicted octanol–water partition coefficient (Wildman–Crippen LogP) is 1.72. The van der Waals surface area contributed by atoms with Gasteiger partial charge in [0.05, 0.1) is 5.39 Å². The molecule has 0 saturated heterocycles. The molecule has 13 heavy (non-hydrogen) atoms. The van der Waals surface area contributed by atoms with Crippen molar-refractivity contribution in [3.05, 3.63) is 21.8 Å². The minimum atomic E-state index is 0.0376. The summed E-state index contributed by atoms with van der Waals surface area (Å²) in [7, 11) is 1.75. The van der Waals surface area contributed by atoms with Crippen LogP contribution in [0.15, 0.2) is 21.4 Å². The molecule has 2 heterocycles. The van der Waals surface area contributed by atoms with Crippen molar-refractivity contribution in [3.63, 3.8) is 0 Å². The predicted molar refractivity (Wildman–Crippen MR) is 56.6 cm³/mol. The van der Waals surface area contributed by atoms with Crippen molar-refractivity contribution in [1.29, 1.82) is 0 Å². The molecule has 2 aromatic heterocycles. The first-order valence-corrected chi connectivity index (χ1v) is 5.82. The lowest BCUT2D eigenvalue weighted by Gasteiger charge is -2.02. The topological polar surface area (TPSA) is 34.9 Å². The molecule has 5 heteroatoms. The van der Waals surface area contributed by atoms with Crippen LogP contribution < -0.4 is 5.56 Å². The van der Waals surface area contributed by atoms with Crippen LogP contribution in [0.5, 0.6) is 0 Å². The number of rotatable bonds is 1. The van der Waals surface area contributed by atoms with Gasteiger partial charge < -0.3 is 0 Å². The Bertz CT molecular complexity index is 500. The Labute approximate surface area is 83.4 Å². The fourth-order valence-corrected chi connectivity index (χ4v) is 2.51. The van der Waals surface area contributed by atoms with E-state index >= 15 is 0 Å². The second-order valence-electron chi connectivity index (χ2n) is 2.60. The highest BCUT2D eigenvalue weighted by Gasteiger charge is 2.07. The Hall–Kier alpha value is -0.810. The van der Waals surface area contributed by atoms with E-state index in [1.54, 1.807) is 11.6 Å². The first-order valence-electron chi connectivity index (χ1n) is 3.72. The lowest BCUT2D eigenvalue weighted by atomic mass is 10.4. The van der Waals surface area contributed by atoms with Crippen molar-refractivity contribution >= 4 is 33.3 Å². The second kappa shape index (κ2) is 3.16. The SMILES string of the molecule is CSc1nc2sccc2c(=O)n1C. The van der Waals surface area contributed by atoms with Crippen molar-refractivity contribution < 1.29 is 0 Å². The maximum atomic E-state index is 11.7. The van der Waals surface area contributed by atoms with Crippen LogP contribution in [0.2, 0.25) is 0 Å². The van der Waals surface area contributed by atoms with Crippen LogP contribution in [0.3, 0.4) is 0 Å². The molecule has 0 fully saturated rings. The number of thioether (sulfide) groups is 1. The zero-order valence-corrected chi connectivity index (χ0v) is 8.91. The van der Waals surface area contributed by atoms with Crippen molar-refractivity contribution in [3.8, 4) is 0 Å². The van der Waals surface area contributed by atoms with Gasteiger partial charge in [-0.3, -0.25) is 9.36 Å². The number of hydrogen-bond donors (Lipinski definition) is 0. The summed E-state index contributed by atoms with van der Waals surface area (Å²) >= 11 is 2.99. The average molecular weight is 212 g/mol. The van der Waals surface area contributed by atoms with E-state index in [1.165, 1.54) is 23.1 Å². The van der Waals surface area contributed by atoms with Gasteiger partial charge in [0, 0.05) is 7.05 Å². The Morgan fingerprint density at radius 3 is 3.08 bits per heavy atom. The van der Waals surface area contributed by atoms with E-state index < -0.39 is 0 Å². The molecule has 3 nitrogen and oxygen atoms in total. The third-order valence-electron chi connectivity index (χ3n) is 1.85. The average Bonchev–Trinajstić information content (AvgIpc) is 2.59. The van der Waals surface area contributed by atoms with Gasteiger partial charge in [0.2, 0.25) is 0 Å². The molecule has 0 radical (unpaired) electrons. The van der Waals surface area contributed by atoms with Crippen LogP contribution in [-0.2, 0) is 7.05 Å². The zero-order valence-electron chi connectivity index (χ0n) is 7.27. The van der Waals surface area contributed by atoms with Gasteiger partial charge in [-0.2, -0.15) is 0 Å². The molecular weight excluding hydrogens is 204 g/mol. The van der Waals surface area contributed by atoms with E-state index in [9.17, 15) is 4.79 Å². The highest BCUT2D eigenvalue weighted by molar-refractivity contribution is 7.98. The van der Waals surface area contributed by atoms with E-state index in [4.69, 9.17) is 0 Å². The quantitative estimate of drug-likeness (QED) is 0.533. The smallest absolute Gasteiger partial charge is 0.262 e. The van der Waals surface area contributed by atoms with Crippen LogP contribution in [0.4, 0.5) is 0 Å². The van der Waals surface area contributed by atoms with Crippen molar-refractivity contribution in [1.82, 2.24) is 9.55 Å². The standard InChI is InChI=1S/C8H8N2OS2/c1-10-7(11)5-3-4-13-6(5)9-8(10)12-2/h3-4H,1-2H3. The third-order valence-corrected chi connectivity index (χ3v) is 3.38. The highest BCUT2D eigenvalue weighted by Crippen LogP contribution is 2.18. The van der Waals surface area contributed by atoms with Gasteiger partial charge in [-0.1, -0.05) is 11.8 Å². The summed E-state index contributed by atoms with van der Waals surface area (Å²) in [4.78, 5) is 16.9. The molecule has 0 atom stereocenters. The normalized spacial score (nSPS) is 10.9. The molecule has 0 aromatic carbocycles. The summed E-state index contributed by atoms with van der Waals surface area (Å²) in [6, 6.07) is 1.82. The molecule has 0 saturated carbocycles. The number of thiophene rings is 1. The van der Waals surface area contributed by atoms with E-state index in [0.29, 0.717) is 5.39 Å². The van der Waals surface area contributed by atoms with Gasteiger partial charge in [0.15, 0.2) is 5.16 Å². The third kappa shape index (κ3) is 1.28. The van der Waals surface area contributed by atoms with Crippen LogP contribution in [0.1, 0.15) is 0 Å². The molecule has 68 valence electrons. The van der Waals surface area contributed by atoms with Gasteiger partial charge >= 0.3 is 0 Å². The Morgan fingerprint density at radius 2 is 2.38 bits per heavy atom. The molecule has 2 rings (SSSR count). The molecule has 2 aromatic rings. The molecule has 0 bridgehead atoms. The molecule has 0 aliphatic rings. The Balaban J connectivity index is 2.92. The lowest BCUT2D eigenvalue weighted by molar-refractivity contribution is 0.729. The van der Waals surface area contributed by atoms with E-state index in [0.717, 1.165) is 9.99 Å². The molecular formula is C8H8N2OS2. The summed E-state index contributed by atoms with van der Waals surface area (Å²) in [5.74, 6) is 0. The summed E-state index contributed by atoms with van der Waals surface area (Å²) in [5, 5.41) is 3.37. The van der Waals surface area contributed by atoms with Crippen LogP contribution in [0, 0.1) is 0 Å². The van der Waals surface area contributed by atoms with Gasteiger partial charge in [0.25, 0.3) is 5.56 Å². The van der Waals surface area contributed by atoms with Crippen LogP contribution in [-0.4, -0.2) is 15.8 Å². The molecule has 0 spiro atoms. The van der Waals surface area contributed by atoms with E-state index in [1.807, 2.05) is 17.7 Å². The monoisotopic (exact) mass is 212 g/mol. The van der Waals surface area contributed by atoms with E-state index in [-0.39, 0.29) is 5.56 Å². The molecule has 0 aliphatic carbocycles. The summed E-state index contributed by atoms with van der Waals surface area (Å²) < 4.78 is 1.58. The van der Waals surface area contributed by atoms with Crippen LogP contribution >= 0.6 is 23.1 Å². The van der Waals surface area contributed by atoms with Crippen LogP contribution in [0.25, 0.3) is 10.2 Å². The zero-order chi connectivity index (χ0) is 9.42. The van der Waals surface area contributed by atoms with Gasteiger partial charge in [-0.25, -0.2) is 4.98 Å². The maximum Gasteiger partial charge on any atom is 0.262 e. The minimum absolute atomic E-state index is 0.0376. The minimum Gasteiger partial charge on any atom is -0.290 e. The molecule has 0 aliphatic heterocycles. The highest BCUT2D eigenvalue weighted by atomic mass is 32.2. The van der Waals surface area contributed by atoms with Gasteiger partial charge in [0.1, 0.15) is 4.83 Å². The maximum absolute atomic E-state index is 11.7. The summed E-state index contributed by atoms with van der Waals surface area (Å²) in [6.45, 7) is 0. The second-order valence-corrected chi connectivity index (χ2v) is 4.27. The number of fused-ring (bicyclic) bond motifs is 1. The molecule has 0 unspecified atom stereocenters. The number of nitrogens with zero attached hydrogens (tertiary/aromatic N) is 2. The number of hydrogen-bond acceptors (Lipinski definition) is 4. The largest absolute Gasteiger partial charge is 0.290 e. The van der Waals surface area contributed by atoms with Crippen molar-refractivity contribution in [2.24, 2.45) is 7.05 Å². The van der Waals surface area contributed by atoms with E-state index in [2.05, 4.69) is 4.98 Å². The lowest BCUT2D eigenvalue weighted by Crippen LogP contribution is -2.18. The molecule has 0 amide bonds. The Morgan fingerprint density at radius 1 is 1.62 bits per heavy atom. The summed E-state index contributed by atoms with van der Waals surface area (Å²) in [6.07, 6.45) is 1.92. The summed E-state index contributed by atoms with van der Waals surface area (Å²) in [5.41, 5.74) is 0.0376. The fraction of sp³-hybridized carbons (Fsp3) is 0.250. The van der Waals surface area contributed by atoms with Gasteiger partial charge in [-0.15, -0.1) is 11.3 Å². The van der Waals surface area contributed by atoms with Crippen molar-refractivity contribution in [2.75, 3.05) is 6.26 Å². The fourth-order valence-electron chi connectivity index (χ4n) is 1.16. The first-order chi connectivity index (χ1) is 6.24. The molecule has 0 N–H and O–H groups in total. The van der Waals surface area contributed by atoms with Gasteiger partial charge in [-0.05, 0) is 17.7 Å². The Kier molecular flexibility index (Phi) is 2.13. The first kappa shape index (κ1) is 8.77. The van der Waals surface area contributed by atoms with Crippen molar-refractivity contribution in [2.45, 2.75) is 5.16 Å². The number of aromatic nitrogens is 2.